The van der Waals surface area contributed by atoms with Crippen LogP contribution in [-0.2, 0) is 4.74 Å². The summed E-state index contributed by atoms with van der Waals surface area (Å²) in [6, 6.07) is 12.7. The lowest BCUT2D eigenvalue weighted by molar-refractivity contribution is -0.368. The van der Waals surface area contributed by atoms with Crippen molar-refractivity contribution in [1.29, 1.82) is 0 Å². The molecule has 0 atom stereocenters. The fraction of sp³-hybridized carbons (Fsp3) is 0.364. The van der Waals surface area contributed by atoms with Crippen molar-refractivity contribution in [2.45, 2.75) is 19.3 Å². The minimum absolute atomic E-state index is 0.606. The molecule has 1 aromatic carbocycles. The van der Waals surface area contributed by atoms with Gasteiger partial charge in [0.2, 0.25) is 5.82 Å². The van der Waals surface area contributed by atoms with Gasteiger partial charge in [-0.15, -0.1) is 11.3 Å². The van der Waals surface area contributed by atoms with Crippen LogP contribution in [0.15, 0.2) is 46.3 Å². The molecule has 3 aromatic rings. The highest BCUT2D eigenvalue weighted by Gasteiger charge is 2.14. The molecule has 0 unspecified atom stereocenters. The molecule has 1 aliphatic rings. The molecule has 3 N–H and O–H groups in total. The highest BCUT2D eigenvalue weighted by Crippen LogP contribution is 2.27. The van der Waals surface area contributed by atoms with Gasteiger partial charge in [0, 0.05) is 24.4 Å². The Balaban J connectivity index is 1.55. The Labute approximate surface area is 175 Å². The third-order valence-corrected chi connectivity index (χ3v) is 5.86. The predicted octanol–water partition coefficient (Wildman–Crippen LogP) is 3.59. The number of unbranched alkanes of at least 4 members (excludes halogenated alkanes) is 1. The van der Waals surface area contributed by atoms with E-state index in [2.05, 4.69) is 51.1 Å². The Bertz CT molecular complexity index is 913. The summed E-state index contributed by atoms with van der Waals surface area (Å²) in [6.07, 6.45) is 5.20. The number of hydrogen-bond acceptors (Lipinski definition) is 6. The molecule has 0 spiro atoms. The molecule has 1 aliphatic heterocycles. The molecule has 152 valence electrons. The van der Waals surface area contributed by atoms with Crippen LogP contribution in [-0.4, -0.2) is 43.0 Å². The molecule has 0 amide bonds. The largest absolute Gasteiger partial charge is 0.378 e. The average Bonchev–Trinajstić information content (AvgIpc) is 3.46. The summed E-state index contributed by atoms with van der Waals surface area (Å²) in [5.41, 5.74) is 7.40. The van der Waals surface area contributed by atoms with Gasteiger partial charge in [0.1, 0.15) is 0 Å². The maximum Gasteiger partial charge on any atom is 0.254 e. The molecule has 0 bridgehead atoms. The van der Waals surface area contributed by atoms with E-state index in [9.17, 15) is 0 Å². The Morgan fingerprint density at radius 2 is 1.97 bits per heavy atom. The van der Waals surface area contributed by atoms with Gasteiger partial charge in [-0.05, 0) is 54.5 Å². The standard InChI is InChI=1S/C22H26N4O2S/c23-10-2-1-4-18(22-24-21(25-28-22)20-5-3-15-29-20)16-17-6-8-19(9-7-17)26-11-13-27-14-12-26/h3,5-9,15-16H,1-2,4,10-14,23H2/p+1/b18-16+. The maximum absolute atomic E-state index is 5.61. The smallest absolute Gasteiger partial charge is 0.254 e. The van der Waals surface area contributed by atoms with Gasteiger partial charge in [-0.2, -0.15) is 4.98 Å². The van der Waals surface area contributed by atoms with E-state index >= 15 is 0 Å². The highest BCUT2D eigenvalue weighted by molar-refractivity contribution is 7.13. The summed E-state index contributed by atoms with van der Waals surface area (Å²) in [7, 11) is 0. The van der Waals surface area contributed by atoms with Crippen LogP contribution in [0.25, 0.3) is 22.4 Å². The van der Waals surface area contributed by atoms with Crippen molar-refractivity contribution >= 4 is 28.7 Å². The number of hydrogen-bond donors (Lipinski definition) is 1. The normalized spacial score (nSPS) is 15.1. The molecule has 1 fully saturated rings. The summed E-state index contributed by atoms with van der Waals surface area (Å²) < 4.78 is 11.1. The van der Waals surface area contributed by atoms with Crippen LogP contribution < -0.4 is 10.6 Å². The lowest BCUT2D eigenvalue weighted by atomic mass is 10.0. The fourth-order valence-electron chi connectivity index (χ4n) is 3.40. The number of quaternary nitrogens is 1. The van der Waals surface area contributed by atoms with Crippen LogP contribution in [0.4, 0.5) is 5.69 Å². The van der Waals surface area contributed by atoms with Crippen molar-refractivity contribution < 1.29 is 15.0 Å². The first kappa shape index (κ1) is 19.8. The topological polar surface area (TPSA) is 79.0 Å². The van der Waals surface area contributed by atoms with Gasteiger partial charge in [-0.3, -0.25) is 0 Å². The quantitative estimate of drug-likeness (QED) is 0.573. The molecule has 0 aliphatic carbocycles. The van der Waals surface area contributed by atoms with E-state index < -0.39 is 0 Å². The van der Waals surface area contributed by atoms with E-state index in [0.717, 1.165) is 68.1 Å². The Morgan fingerprint density at radius 1 is 1.14 bits per heavy atom. The lowest BCUT2D eigenvalue weighted by Gasteiger charge is -2.28. The zero-order valence-corrected chi connectivity index (χ0v) is 17.4. The second-order valence-electron chi connectivity index (χ2n) is 7.07. The van der Waals surface area contributed by atoms with Gasteiger partial charge < -0.3 is 19.9 Å². The number of aromatic nitrogens is 2. The zero-order chi connectivity index (χ0) is 19.9. The van der Waals surface area contributed by atoms with E-state index in [4.69, 9.17) is 9.26 Å². The average molecular weight is 412 g/mol. The number of anilines is 1. The molecule has 4 rings (SSSR count). The van der Waals surface area contributed by atoms with Crippen molar-refractivity contribution in [2.75, 3.05) is 37.7 Å². The van der Waals surface area contributed by atoms with E-state index in [-0.39, 0.29) is 0 Å². The van der Waals surface area contributed by atoms with E-state index in [1.165, 1.54) is 5.69 Å². The molecular weight excluding hydrogens is 384 g/mol. The Hall–Kier alpha value is -2.48. The molecular formula is C22H27N4O2S+. The number of rotatable bonds is 8. The van der Waals surface area contributed by atoms with Crippen LogP contribution in [0.2, 0.25) is 0 Å². The molecule has 3 heterocycles. The Kier molecular flexibility index (Phi) is 6.71. The summed E-state index contributed by atoms with van der Waals surface area (Å²) in [5, 5.41) is 6.20. The molecule has 6 nitrogen and oxygen atoms in total. The van der Waals surface area contributed by atoms with Gasteiger partial charge >= 0.3 is 0 Å². The first-order valence-electron chi connectivity index (χ1n) is 10.1. The molecule has 2 aromatic heterocycles. The minimum atomic E-state index is 0.606. The summed E-state index contributed by atoms with van der Waals surface area (Å²) >= 11 is 1.62. The molecule has 0 radical (unpaired) electrons. The number of benzene rings is 1. The van der Waals surface area contributed by atoms with Crippen molar-refractivity contribution in [2.24, 2.45) is 0 Å². The van der Waals surface area contributed by atoms with Crippen LogP contribution in [0.3, 0.4) is 0 Å². The second-order valence-corrected chi connectivity index (χ2v) is 8.02. The maximum atomic E-state index is 5.61. The van der Waals surface area contributed by atoms with Crippen LogP contribution in [0, 0.1) is 0 Å². The first-order chi connectivity index (χ1) is 14.3. The van der Waals surface area contributed by atoms with Gasteiger partial charge in [0.05, 0.1) is 24.6 Å². The number of morpholine rings is 1. The number of ether oxygens (including phenoxy) is 1. The number of allylic oxidation sites excluding steroid dienone is 1. The minimum Gasteiger partial charge on any atom is -0.378 e. The first-order valence-corrected chi connectivity index (χ1v) is 11.0. The summed E-state index contributed by atoms with van der Waals surface area (Å²) in [6.45, 7) is 4.41. The fourth-order valence-corrected chi connectivity index (χ4v) is 4.05. The molecule has 1 saturated heterocycles. The van der Waals surface area contributed by atoms with Crippen LogP contribution >= 0.6 is 11.3 Å². The van der Waals surface area contributed by atoms with Crippen molar-refractivity contribution in [1.82, 2.24) is 10.1 Å². The number of thiophene rings is 1. The zero-order valence-electron chi connectivity index (χ0n) is 16.5. The van der Waals surface area contributed by atoms with Gasteiger partial charge in [-0.25, -0.2) is 0 Å². The number of nitrogens with zero attached hydrogens (tertiary/aromatic N) is 3. The predicted molar refractivity (Wildman–Crippen MR) is 117 cm³/mol. The third-order valence-electron chi connectivity index (χ3n) is 5.00. The third kappa shape index (κ3) is 5.12. The highest BCUT2D eigenvalue weighted by atomic mass is 32.1. The van der Waals surface area contributed by atoms with Gasteiger partial charge in [0.15, 0.2) is 0 Å². The van der Waals surface area contributed by atoms with Gasteiger partial charge in [-0.1, -0.05) is 23.4 Å². The van der Waals surface area contributed by atoms with Crippen molar-refractivity contribution in [3.8, 4) is 10.7 Å². The van der Waals surface area contributed by atoms with Crippen LogP contribution in [0.5, 0.6) is 0 Å². The van der Waals surface area contributed by atoms with E-state index in [1.807, 2.05) is 17.5 Å². The lowest BCUT2D eigenvalue weighted by Crippen LogP contribution is -2.50. The molecule has 29 heavy (non-hydrogen) atoms. The molecule has 7 heteroatoms. The van der Waals surface area contributed by atoms with E-state index in [1.54, 1.807) is 11.3 Å². The second kappa shape index (κ2) is 9.82. The monoisotopic (exact) mass is 411 g/mol. The molecule has 0 saturated carbocycles. The Morgan fingerprint density at radius 3 is 2.69 bits per heavy atom. The van der Waals surface area contributed by atoms with Crippen molar-refractivity contribution in [3.05, 3.63) is 53.2 Å². The summed E-state index contributed by atoms with van der Waals surface area (Å²) in [4.78, 5) is 8.02. The SMILES string of the molecule is [NH3+]CCCC/C(=C\c1ccc(N2CCOCC2)cc1)c1nc(-c2cccs2)no1. The van der Waals surface area contributed by atoms with E-state index in [0.29, 0.717) is 11.7 Å². The van der Waals surface area contributed by atoms with Gasteiger partial charge in [0.25, 0.3) is 5.89 Å². The van der Waals surface area contributed by atoms with Crippen LogP contribution in [0.1, 0.15) is 30.7 Å². The van der Waals surface area contributed by atoms with Crippen molar-refractivity contribution in [3.63, 3.8) is 0 Å². The summed E-state index contributed by atoms with van der Waals surface area (Å²) in [5.74, 6) is 1.26.